The lowest BCUT2D eigenvalue weighted by Gasteiger charge is -2.06. The fourth-order valence-corrected chi connectivity index (χ4v) is 1.60. The third-order valence-electron chi connectivity index (χ3n) is 2.69. The second-order valence-electron chi connectivity index (χ2n) is 4.43. The number of ether oxygens (including phenoxy) is 1. The molecule has 120 valence electrons. The van der Waals surface area contributed by atoms with Crippen LogP contribution in [0.4, 0.5) is 4.79 Å². The van der Waals surface area contributed by atoms with Gasteiger partial charge in [0.2, 0.25) is 0 Å². The van der Waals surface area contributed by atoms with Crippen molar-refractivity contribution in [3.63, 3.8) is 0 Å². The van der Waals surface area contributed by atoms with Crippen LogP contribution < -0.4 is 10.6 Å². The lowest BCUT2D eigenvalue weighted by molar-refractivity contribution is -0.123. The molecule has 2 rings (SSSR count). The van der Waals surface area contributed by atoms with Gasteiger partial charge in [-0.3, -0.25) is 10.1 Å². The van der Waals surface area contributed by atoms with Crippen molar-refractivity contribution in [3.8, 4) is 5.75 Å². The Morgan fingerprint density at radius 3 is 2.52 bits per heavy atom. The van der Waals surface area contributed by atoms with Crippen LogP contribution in [0.2, 0.25) is 0 Å². The Kier molecular flexibility index (Phi) is 5.35. The maximum Gasteiger partial charge on any atom is 0.338 e. The molecule has 0 fully saturated rings. The minimum absolute atomic E-state index is 0.00696. The van der Waals surface area contributed by atoms with Gasteiger partial charge in [-0.25, -0.2) is 9.59 Å². The van der Waals surface area contributed by atoms with Crippen molar-refractivity contribution in [2.24, 2.45) is 0 Å². The van der Waals surface area contributed by atoms with Crippen LogP contribution in [0.5, 0.6) is 5.75 Å². The normalized spacial score (nSPS) is 9.91. The van der Waals surface area contributed by atoms with Crippen molar-refractivity contribution in [1.82, 2.24) is 10.6 Å². The molecule has 1 heterocycles. The number of carbonyl (C=O) groups excluding carboxylic acids is 3. The van der Waals surface area contributed by atoms with Crippen LogP contribution in [0.1, 0.15) is 16.1 Å². The average molecular weight is 318 g/mol. The smallest absolute Gasteiger partial charge is 0.338 e. The molecule has 3 amide bonds. The first kappa shape index (κ1) is 16.1. The van der Waals surface area contributed by atoms with Gasteiger partial charge in [-0.05, 0) is 36.4 Å². The number of rotatable bonds is 5. The molecule has 0 saturated heterocycles. The molecule has 0 aliphatic heterocycles. The zero-order chi connectivity index (χ0) is 16.7. The van der Waals surface area contributed by atoms with Gasteiger partial charge < -0.3 is 19.6 Å². The number of imide groups is 1. The summed E-state index contributed by atoms with van der Waals surface area (Å²) in [5.74, 6) is -0.968. The highest BCUT2D eigenvalue weighted by Gasteiger charge is 2.12. The Bertz CT molecular complexity index is 679. The summed E-state index contributed by atoms with van der Waals surface area (Å²) in [4.78, 5) is 34.6. The molecule has 3 N–H and O–H groups in total. The SMILES string of the molecule is O=C(COC(=O)c1ccc(O)cc1)NC(=O)NCc1ccco1. The molecular weight excluding hydrogens is 304 g/mol. The molecule has 0 atom stereocenters. The maximum atomic E-state index is 11.6. The van der Waals surface area contributed by atoms with Crippen molar-refractivity contribution in [1.29, 1.82) is 0 Å². The standard InChI is InChI=1S/C15H14N2O6/c18-11-5-3-10(4-6-11)14(20)23-9-13(19)17-15(21)16-8-12-2-1-7-22-12/h1-7,18H,8-9H2,(H2,16,17,19,21). The fraction of sp³-hybridized carbons (Fsp3) is 0.133. The Hall–Kier alpha value is -3.29. The van der Waals surface area contributed by atoms with Gasteiger partial charge in [-0.15, -0.1) is 0 Å². The number of carbonyl (C=O) groups is 3. The second kappa shape index (κ2) is 7.64. The first-order valence-electron chi connectivity index (χ1n) is 6.61. The monoisotopic (exact) mass is 318 g/mol. The molecule has 8 heteroatoms. The van der Waals surface area contributed by atoms with Gasteiger partial charge in [0.05, 0.1) is 18.4 Å². The quantitative estimate of drug-likeness (QED) is 0.712. The molecule has 1 aromatic heterocycles. The molecule has 0 spiro atoms. The number of phenolic OH excluding ortho intramolecular Hbond substituents is 1. The van der Waals surface area contributed by atoms with Gasteiger partial charge in [0.15, 0.2) is 6.61 Å². The summed E-state index contributed by atoms with van der Waals surface area (Å²) in [6, 6.07) is 7.95. The first-order chi connectivity index (χ1) is 11.0. The first-order valence-corrected chi connectivity index (χ1v) is 6.61. The molecule has 1 aromatic carbocycles. The molecule has 2 aromatic rings. The van der Waals surface area contributed by atoms with Crippen molar-refractivity contribution >= 4 is 17.9 Å². The van der Waals surface area contributed by atoms with Crippen molar-refractivity contribution < 1.29 is 28.6 Å². The number of hydrogen-bond acceptors (Lipinski definition) is 6. The van der Waals surface area contributed by atoms with Crippen LogP contribution >= 0.6 is 0 Å². The van der Waals surface area contributed by atoms with Crippen molar-refractivity contribution in [3.05, 3.63) is 54.0 Å². The third-order valence-corrected chi connectivity index (χ3v) is 2.69. The predicted octanol–water partition coefficient (Wildman–Crippen LogP) is 1.17. The van der Waals surface area contributed by atoms with Crippen LogP contribution in [0.3, 0.4) is 0 Å². The van der Waals surface area contributed by atoms with E-state index in [9.17, 15) is 14.4 Å². The lowest BCUT2D eigenvalue weighted by atomic mass is 10.2. The minimum Gasteiger partial charge on any atom is -0.508 e. The summed E-state index contributed by atoms with van der Waals surface area (Å²) in [6.45, 7) is -0.479. The highest BCUT2D eigenvalue weighted by atomic mass is 16.5. The van der Waals surface area contributed by atoms with E-state index in [2.05, 4.69) is 5.32 Å². The average Bonchev–Trinajstić information content (AvgIpc) is 3.05. The van der Waals surface area contributed by atoms with Crippen LogP contribution in [0, 0.1) is 0 Å². The Morgan fingerprint density at radius 1 is 1.13 bits per heavy atom. The van der Waals surface area contributed by atoms with E-state index in [0.29, 0.717) is 5.76 Å². The van der Waals surface area contributed by atoms with E-state index in [0.717, 1.165) is 0 Å². The summed E-state index contributed by atoms with van der Waals surface area (Å²) in [5, 5.41) is 13.5. The largest absolute Gasteiger partial charge is 0.508 e. The molecule has 23 heavy (non-hydrogen) atoms. The number of nitrogens with one attached hydrogen (secondary N) is 2. The number of aromatic hydroxyl groups is 1. The summed E-state index contributed by atoms with van der Waals surface area (Å²) >= 11 is 0. The molecule has 0 aliphatic carbocycles. The number of benzene rings is 1. The molecular formula is C15H14N2O6. The third kappa shape index (κ3) is 5.20. The van der Waals surface area contributed by atoms with Gasteiger partial charge in [0, 0.05) is 0 Å². The van der Waals surface area contributed by atoms with E-state index in [1.165, 1.54) is 30.5 Å². The van der Waals surface area contributed by atoms with E-state index in [-0.39, 0.29) is 17.9 Å². The van der Waals surface area contributed by atoms with Gasteiger partial charge in [-0.1, -0.05) is 0 Å². The van der Waals surface area contributed by atoms with E-state index < -0.39 is 24.5 Å². The summed E-state index contributed by atoms with van der Waals surface area (Å²) in [5.41, 5.74) is 0.179. The molecule has 0 aliphatic rings. The summed E-state index contributed by atoms with van der Waals surface area (Å²) < 4.78 is 9.76. The Labute approximate surface area is 131 Å². The van der Waals surface area contributed by atoms with Gasteiger partial charge in [0.25, 0.3) is 5.91 Å². The molecule has 0 bridgehead atoms. The number of phenols is 1. The highest BCUT2D eigenvalue weighted by Crippen LogP contribution is 2.10. The van der Waals surface area contributed by atoms with Crippen LogP contribution in [0.15, 0.2) is 47.1 Å². The van der Waals surface area contributed by atoms with Crippen LogP contribution in [-0.2, 0) is 16.1 Å². The Balaban J connectivity index is 1.70. The zero-order valence-corrected chi connectivity index (χ0v) is 11.9. The molecule has 0 saturated carbocycles. The van der Waals surface area contributed by atoms with Crippen LogP contribution in [0.25, 0.3) is 0 Å². The zero-order valence-electron chi connectivity index (χ0n) is 11.9. The number of urea groups is 1. The van der Waals surface area contributed by atoms with Gasteiger partial charge in [-0.2, -0.15) is 0 Å². The maximum absolute atomic E-state index is 11.6. The highest BCUT2D eigenvalue weighted by molar-refractivity contribution is 5.97. The minimum atomic E-state index is -0.769. The van der Waals surface area contributed by atoms with Crippen LogP contribution in [-0.4, -0.2) is 29.6 Å². The summed E-state index contributed by atoms with van der Waals surface area (Å²) in [7, 11) is 0. The number of furan rings is 1. The van der Waals surface area contributed by atoms with E-state index in [4.69, 9.17) is 14.3 Å². The van der Waals surface area contributed by atoms with Crippen molar-refractivity contribution in [2.45, 2.75) is 6.54 Å². The topological polar surface area (TPSA) is 118 Å². The lowest BCUT2D eigenvalue weighted by Crippen LogP contribution is -2.41. The Morgan fingerprint density at radius 2 is 1.87 bits per heavy atom. The molecule has 0 unspecified atom stereocenters. The number of hydrogen-bond donors (Lipinski definition) is 3. The van der Waals surface area contributed by atoms with E-state index >= 15 is 0 Å². The summed E-state index contributed by atoms with van der Waals surface area (Å²) in [6.07, 6.45) is 1.46. The number of amides is 3. The van der Waals surface area contributed by atoms with E-state index in [1.807, 2.05) is 5.32 Å². The predicted molar refractivity (Wildman–Crippen MR) is 77.5 cm³/mol. The molecule has 8 nitrogen and oxygen atoms in total. The number of esters is 1. The second-order valence-corrected chi connectivity index (χ2v) is 4.43. The fourth-order valence-electron chi connectivity index (χ4n) is 1.60. The van der Waals surface area contributed by atoms with Gasteiger partial charge >= 0.3 is 12.0 Å². The van der Waals surface area contributed by atoms with Crippen molar-refractivity contribution in [2.75, 3.05) is 6.61 Å². The van der Waals surface area contributed by atoms with E-state index in [1.54, 1.807) is 12.1 Å². The van der Waals surface area contributed by atoms with Gasteiger partial charge in [0.1, 0.15) is 11.5 Å². The molecule has 0 radical (unpaired) electrons.